The van der Waals surface area contributed by atoms with Gasteiger partial charge >= 0.3 is 0 Å². The predicted molar refractivity (Wildman–Crippen MR) is 80.4 cm³/mol. The number of benzene rings is 1. The molecule has 2 heteroatoms. The molecule has 2 aliphatic carbocycles. The summed E-state index contributed by atoms with van der Waals surface area (Å²) in [5.74, 6) is 2.14. The molecule has 1 aromatic rings. The lowest BCUT2D eigenvalue weighted by Crippen LogP contribution is -2.25. The van der Waals surface area contributed by atoms with Gasteiger partial charge < -0.3 is 4.74 Å². The van der Waals surface area contributed by atoms with Gasteiger partial charge in [-0.1, -0.05) is 25.5 Å². The van der Waals surface area contributed by atoms with Crippen molar-refractivity contribution >= 4 is 5.78 Å². The van der Waals surface area contributed by atoms with E-state index in [0.29, 0.717) is 12.5 Å². The number of carbonyl (C=O) groups is 1. The molecule has 1 saturated carbocycles. The average Bonchev–Trinajstić information content (AvgIpc) is 2.49. The van der Waals surface area contributed by atoms with Crippen molar-refractivity contribution in [2.45, 2.75) is 64.4 Å². The first kappa shape index (κ1) is 13.7. The second-order valence-corrected chi connectivity index (χ2v) is 6.23. The zero-order valence-electron chi connectivity index (χ0n) is 12.4. The van der Waals surface area contributed by atoms with E-state index in [0.717, 1.165) is 48.5 Å². The van der Waals surface area contributed by atoms with Crippen LogP contribution in [-0.2, 0) is 6.42 Å². The van der Waals surface area contributed by atoms with Gasteiger partial charge in [-0.2, -0.15) is 0 Å². The topological polar surface area (TPSA) is 26.3 Å². The van der Waals surface area contributed by atoms with E-state index in [1.54, 1.807) is 0 Å². The van der Waals surface area contributed by atoms with Crippen molar-refractivity contribution in [1.82, 2.24) is 0 Å². The van der Waals surface area contributed by atoms with Crippen LogP contribution < -0.4 is 4.74 Å². The number of Topliss-reactive ketones (excluding diaryl/α,β-unsaturated/α-hetero) is 1. The minimum absolute atomic E-state index is 0.284. The van der Waals surface area contributed by atoms with E-state index in [1.807, 2.05) is 18.2 Å². The summed E-state index contributed by atoms with van der Waals surface area (Å²) in [5.41, 5.74) is 2.05. The highest BCUT2D eigenvalue weighted by Crippen LogP contribution is 2.34. The third-order valence-electron chi connectivity index (χ3n) is 4.93. The minimum Gasteiger partial charge on any atom is -0.490 e. The second kappa shape index (κ2) is 5.99. The molecule has 2 aliphatic rings. The van der Waals surface area contributed by atoms with Crippen LogP contribution in [0.2, 0.25) is 0 Å². The van der Waals surface area contributed by atoms with Crippen LogP contribution in [0.1, 0.15) is 67.8 Å². The molecule has 0 aromatic heterocycles. The van der Waals surface area contributed by atoms with Crippen LogP contribution in [0.5, 0.6) is 5.75 Å². The molecular weight excluding hydrogens is 248 g/mol. The maximum atomic E-state index is 12.0. The van der Waals surface area contributed by atoms with Crippen LogP contribution in [0.15, 0.2) is 18.2 Å². The van der Waals surface area contributed by atoms with Crippen molar-refractivity contribution in [2.24, 2.45) is 5.92 Å². The summed E-state index contributed by atoms with van der Waals surface area (Å²) >= 11 is 0. The van der Waals surface area contributed by atoms with Gasteiger partial charge in [0.1, 0.15) is 5.75 Å². The lowest BCUT2D eigenvalue weighted by Gasteiger charge is -2.29. The largest absolute Gasteiger partial charge is 0.490 e. The number of hydrogen-bond acceptors (Lipinski definition) is 2. The molecule has 0 aliphatic heterocycles. The van der Waals surface area contributed by atoms with Gasteiger partial charge in [0, 0.05) is 17.5 Å². The number of ether oxygens (including phenoxy) is 1. The maximum absolute atomic E-state index is 12.0. The number of rotatable bonds is 3. The third-order valence-corrected chi connectivity index (χ3v) is 4.93. The van der Waals surface area contributed by atoms with E-state index in [1.165, 1.54) is 19.3 Å². The van der Waals surface area contributed by atoms with Crippen molar-refractivity contribution < 1.29 is 9.53 Å². The molecule has 108 valence electrons. The van der Waals surface area contributed by atoms with E-state index in [4.69, 9.17) is 4.74 Å². The van der Waals surface area contributed by atoms with Gasteiger partial charge in [0.15, 0.2) is 5.78 Å². The van der Waals surface area contributed by atoms with Crippen LogP contribution in [0, 0.1) is 5.92 Å². The van der Waals surface area contributed by atoms with E-state index < -0.39 is 0 Å². The third kappa shape index (κ3) is 2.74. The van der Waals surface area contributed by atoms with Crippen molar-refractivity contribution in [3.63, 3.8) is 0 Å². The van der Waals surface area contributed by atoms with Gasteiger partial charge in [0.2, 0.25) is 0 Å². The molecule has 3 rings (SSSR count). The Labute approximate surface area is 121 Å². The van der Waals surface area contributed by atoms with Crippen LogP contribution >= 0.6 is 0 Å². The highest BCUT2D eigenvalue weighted by Gasteiger charge is 2.24. The zero-order valence-corrected chi connectivity index (χ0v) is 12.4. The normalized spacial score (nSPS) is 26.1. The fourth-order valence-corrected chi connectivity index (χ4v) is 3.59. The molecule has 1 fully saturated rings. The average molecular weight is 272 g/mol. The number of hydrogen-bond donors (Lipinski definition) is 0. The number of fused-ring (bicyclic) bond motifs is 1. The van der Waals surface area contributed by atoms with E-state index in [9.17, 15) is 4.79 Å². The zero-order chi connectivity index (χ0) is 13.9. The Morgan fingerprint density at radius 1 is 1.15 bits per heavy atom. The van der Waals surface area contributed by atoms with Gasteiger partial charge in [0.25, 0.3) is 0 Å². The molecule has 20 heavy (non-hydrogen) atoms. The van der Waals surface area contributed by atoms with Gasteiger partial charge in [-0.3, -0.25) is 4.79 Å². The van der Waals surface area contributed by atoms with Gasteiger partial charge in [0.05, 0.1) is 6.10 Å². The fraction of sp³-hybridized carbons (Fsp3) is 0.611. The molecule has 0 spiro atoms. The van der Waals surface area contributed by atoms with Gasteiger partial charge in [-0.05, 0) is 50.5 Å². The molecule has 0 amide bonds. The molecule has 0 atom stereocenters. The Kier molecular flexibility index (Phi) is 4.09. The first-order valence-electron chi connectivity index (χ1n) is 8.09. The molecule has 0 heterocycles. The summed E-state index contributed by atoms with van der Waals surface area (Å²) in [6.45, 7) is 2.28. The lowest BCUT2D eigenvalue weighted by atomic mass is 9.85. The van der Waals surface area contributed by atoms with Crippen LogP contribution in [-0.4, -0.2) is 11.9 Å². The highest BCUT2D eigenvalue weighted by atomic mass is 16.5. The van der Waals surface area contributed by atoms with E-state index in [-0.39, 0.29) is 5.78 Å². The van der Waals surface area contributed by atoms with Crippen LogP contribution in [0.25, 0.3) is 0 Å². The number of ketones is 1. The summed E-state index contributed by atoms with van der Waals surface area (Å²) in [4.78, 5) is 12.0. The van der Waals surface area contributed by atoms with Crippen LogP contribution in [0.3, 0.4) is 0 Å². The van der Waals surface area contributed by atoms with Crippen molar-refractivity contribution in [3.05, 3.63) is 29.3 Å². The quantitative estimate of drug-likeness (QED) is 0.806. The Morgan fingerprint density at radius 3 is 2.70 bits per heavy atom. The van der Waals surface area contributed by atoms with Crippen molar-refractivity contribution in [1.29, 1.82) is 0 Å². The molecule has 0 radical (unpaired) electrons. The lowest BCUT2D eigenvalue weighted by molar-refractivity contribution is 0.0967. The standard InChI is InChI=1S/C18H24O2/c1-2-13-9-11-14(12-10-13)20-18-8-4-5-15-16(18)6-3-7-17(15)19/h4-5,8,13-14H,2-3,6-7,9-12H2,1H3. The molecule has 0 bridgehead atoms. The molecule has 2 nitrogen and oxygen atoms in total. The Hall–Kier alpha value is -1.31. The SMILES string of the molecule is CCC1CCC(Oc2cccc3c2CCCC3=O)CC1. The summed E-state index contributed by atoms with van der Waals surface area (Å²) in [6.07, 6.45) is 9.19. The van der Waals surface area contributed by atoms with Crippen molar-refractivity contribution in [2.75, 3.05) is 0 Å². The summed E-state index contributed by atoms with van der Waals surface area (Å²) < 4.78 is 6.24. The van der Waals surface area contributed by atoms with Gasteiger partial charge in [-0.25, -0.2) is 0 Å². The summed E-state index contributed by atoms with van der Waals surface area (Å²) in [5, 5.41) is 0. The fourth-order valence-electron chi connectivity index (χ4n) is 3.59. The summed E-state index contributed by atoms with van der Waals surface area (Å²) in [6, 6.07) is 5.97. The minimum atomic E-state index is 0.284. The highest BCUT2D eigenvalue weighted by molar-refractivity contribution is 5.99. The Morgan fingerprint density at radius 2 is 1.95 bits per heavy atom. The van der Waals surface area contributed by atoms with E-state index in [2.05, 4.69) is 6.92 Å². The molecule has 1 aromatic carbocycles. The molecule has 0 saturated heterocycles. The molecule has 0 unspecified atom stereocenters. The Bertz CT molecular complexity index is 484. The summed E-state index contributed by atoms with van der Waals surface area (Å²) in [7, 11) is 0. The monoisotopic (exact) mass is 272 g/mol. The smallest absolute Gasteiger partial charge is 0.163 e. The first-order valence-corrected chi connectivity index (χ1v) is 8.09. The first-order chi connectivity index (χ1) is 9.78. The van der Waals surface area contributed by atoms with Crippen molar-refractivity contribution in [3.8, 4) is 5.75 Å². The number of carbonyl (C=O) groups excluding carboxylic acids is 1. The second-order valence-electron chi connectivity index (χ2n) is 6.23. The molecule has 0 N–H and O–H groups in total. The van der Waals surface area contributed by atoms with Crippen LogP contribution in [0.4, 0.5) is 0 Å². The van der Waals surface area contributed by atoms with Gasteiger partial charge in [-0.15, -0.1) is 0 Å². The maximum Gasteiger partial charge on any atom is 0.163 e. The van der Waals surface area contributed by atoms with E-state index >= 15 is 0 Å². The molecular formula is C18H24O2. The Balaban J connectivity index is 1.72. The predicted octanol–water partition coefficient (Wildman–Crippen LogP) is 4.55.